The van der Waals surface area contributed by atoms with E-state index in [2.05, 4.69) is 31.2 Å². The number of ether oxygens (including phenoxy) is 1. The second-order valence-corrected chi connectivity index (χ2v) is 6.30. The molecule has 1 saturated heterocycles. The number of benzene rings is 2. The molecule has 0 aliphatic carbocycles. The Bertz CT molecular complexity index is 741. The topological polar surface area (TPSA) is 49.8 Å². The predicted octanol–water partition coefficient (Wildman–Crippen LogP) is 3.15. The molecule has 1 N–H and O–H groups in total. The highest BCUT2D eigenvalue weighted by Gasteiger charge is 2.30. The van der Waals surface area contributed by atoms with Crippen LogP contribution in [0, 0.1) is 6.92 Å². The Balaban J connectivity index is 1.93. The van der Waals surface area contributed by atoms with E-state index in [-0.39, 0.29) is 18.6 Å². The van der Waals surface area contributed by atoms with E-state index in [9.17, 15) is 9.90 Å². The summed E-state index contributed by atoms with van der Waals surface area (Å²) in [6, 6.07) is 14.2. The first kappa shape index (κ1) is 16.5. The molecule has 1 atom stereocenters. The van der Waals surface area contributed by atoms with E-state index in [1.54, 1.807) is 12.0 Å². The lowest BCUT2D eigenvalue weighted by molar-refractivity contribution is -0.130. The van der Waals surface area contributed by atoms with Crippen molar-refractivity contribution >= 4 is 5.91 Å². The molecule has 4 nitrogen and oxygen atoms in total. The molecular formula is C20H23NO3. The number of aliphatic hydroxyl groups excluding tert-OH is 1. The fourth-order valence-corrected chi connectivity index (χ4v) is 3.29. The molecule has 4 heteroatoms. The summed E-state index contributed by atoms with van der Waals surface area (Å²) >= 11 is 0. The van der Waals surface area contributed by atoms with E-state index in [1.165, 1.54) is 5.56 Å². The third-order valence-electron chi connectivity index (χ3n) is 4.61. The van der Waals surface area contributed by atoms with E-state index in [0.29, 0.717) is 13.0 Å². The van der Waals surface area contributed by atoms with Gasteiger partial charge in [0.15, 0.2) is 0 Å². The van der Waals surface area contributed by atoms with Gasteiger partial charge in [0.1, 0.15) is 5.75 Å². The van der Waals surface area contributed by atoms with E-state index >= 15 is 0 Å². The van der Waals surface area contributed by atoms with Crippen molar-refractivity contribution in [1.29, 1.82) is 0 Å². The summed E-state index contributed by atoms with van der Waals surface area (Å²) < 4.78 is 5.51. The predicted molar refractivity (Wildman–Crippen MR) is 93.8 cm³/mol. The highest BCUT2D eigenvalue weighted by Crippen LogP contribution is 2.32. The van der Waals surface area contributed by atoms with Crippen molar-refractivity contribution in [2.45, 2.75) is 32.4 Å². The molecule has 1 amide bonds. The molecule has 0 aromatic heterocycles. The van der Waals surface area contributed by atoms with Gasteiger partial charge in [-0.3, -0.25) is 4.79 Å². The van der Waals surface area contributed by atoms with Gasteiger partial charge in [0.25, 0.3) is 0 Å². The minimum atomic E-state index is -0.0676. The third-order valence-corrected chi connectivity index (χ3v) is 4.61. The summed E-state index contributed by atoms with van der Waals surface area (Å²) in [5.41, 5.74) is 4.35. The van der Waals surface area contributed by atoms with Gasteiger partial charge in [0.05, 0.1) is 19.8 Å². The van der Waals surface area contributed by atoms with Crippen molar-refractivity contribution in [1.82, 2.24) is 4.90 Å². The van der Waals surface area contributed by atoms with Crippen molar-refractivity contribution in [3.63, 3.8) is 0 Å². The Morgan fingerprint density at radius 2 is 2.08 bits per heavy atom. The van der Waals surface area contributed by atoms with Crippen LogP contribution in [0.1, 0.15) is 24.0 Å². The Hall–Kier alpha value is -2.33. The van der Waals surface area contributed by atoms with Crippen molar-refractivity contribution in [3.05, 3.63) is 53.6 Å². The average Bonchev–Trinajstić information content (AvgIpc) is 2.95. The second-order valence-electron chi connectivity index (χ2n) is 6.30. The molecule has 2 aromatic rings. The van der Waals surface area contributed by atoms with Crippen LogP contribution in [0.25, 0.3) is 11.1 Å². The zero-order valence-corrected chi connectivity index (χ0v) is 14.2. The lowest BCUT2D eigenvalue weighted by Crippen LogP contribution is -2.34. The van der Waals surface area contributed by atoms with Gasteiger partial charge in [-0.1, -0.05) is 35.9 Å². The number of hydrogen-bond donors (Lipinski definition) is 1. The highest BCUT2D eigenvalue weighted by atomic mass is 16.5. The zero-order chi connectivity index (χ0) is 17.1. The van der Waals surface area contributed by atoms with Gasteiger partial charge in [0, 0.05) is 18.5 Å². The Morgan fingerprint density at radius 1 is 1.25 bits per heavy atom. The highest BCUT2D eigenvalue weighted by molar-refractivity contribution is 5.79. The molecule has 0 saturated carbocycles. The number of likely N-dealkylation sites (tertiary alicyclic amines) is 1. The smallest absolute Gasteiger partial charge is 0.223 e. The van der Waals surface area contributed by atoms with E-state index in [0.717, 1.165) is 28.9 Å². The molecule has 3 rings (SSSR count). The molecule has 24 heavy (non-hydrogen) atoms. The number of amides is 1. The van der Waals surface area contributed by atoms with Gasteiger partial charge in [0.2, 0.25) is 5.91 Å². The van der Waals surface area contributed by atoms with Crippen LogP contribution in [0.3, 0.4) is 0 Å². The van der Waals surface area contributed by atoms with Crippen molar-refractivity contribution in [2.75, 3.05) is 13.7 Å². The summed E-state index contributed by atoms with van der Waals surface area (Å²) in [4.78, 5) is 13.8. The molecule has 126 valence electrons. The van der Waals surface area contributed by atoms with Gasteiger partial charge in [-0.2, -0.15) is 0 Å². The molecule has 1 fully saturated rings. The first-order valence-electron chi connectivity index (χ1n) is 8.26. The molecule has 2 aromatic carbocycles. The minimum absolute atomic E-state index is 0.0205. The standard InChI is InChI=1S/C20H23NO3/c1-14-4-3-5-16(10-14)18-11-15(6-8-19(18)24-2)12-21-17(13-22)7-9-20(21)23/h3-6,8,10-11,17,22H,7,9,12-13H2,1-2H3/t17-/m1/s1. The van der Waals surface area contributed by atoms with Gasteiger partial charge in [-0.25, -0.2) is 0 Å². The van der Waals surface area contributed by atoms with Crippen LogP contribution in [-0.4, -0.2) is 35.7 Å². The number of rotatable bonds is 5. The minimum Gasteiger partial charge on any atom is -0.496 e. The van der Waals surface area contributed by atoms with E-state index in [4.69, 9.17) is 4.74 Å². The van der Waals surface area contributed by atoms with Gasteiger partial charge in [-0.15, -0.1) is 0 Å². The van der Waals surface area contributed by atoms with Crippen LogP contribution < -0.4 is 4.74 Å². The molecule has 1 aliphatic rings. The molecule has 1 aliphatic heterocycles. The Labute approximate surface area is 142 Å². The van der Waals surface area contributed by atoms with Crippen molar-refractivity contribution < 1.29 is 14.6 Å². The quantitative estimate of drug-likeness (QED) is 0.919. The van der Waals surface area contributed by atoms with Crippen LogP contribution in [0.4, 0.5) is 0 Å². The fourth-order valence-electron chi connectivity index (χ4n) is 3.29. The van der Waals surface area contributed by atoms with Gasteiger partial charge < -0.3 is 14.7 Å². The van der Waals surface area contributed by atoms with Crippen molar-refractivity contribution in [3.8, 4) is 16.9 Å². The maximum atomic E-state index is 12.1. The lowest BCUT2D eigenvalue weighted by atomic mass is 10.00. The molecular weight excluding hydrogens is 302 g/mol. The second kappa shape index (κ2) is 7.05. The van der Waals surface area contributed by atoms with Crippen LogP contribution >= 0.6 is 0 Å². The monoisotopic (exact) mass is 325 g/mol. The summed E-state index contributed by atoms with van der Waals surface area (Å²) in [6.07, 6.45) is 1.25. The normalized spacial score (nSPS) is 17.4. The fraction of sp³-hybridized carbons (Fsp3) is 0.350. The maximum Gasteiger partial charge on any atom is 0.223 e. The Kier molecular flexibility index (Phi) is 4.86. The number of aliphatic hydroxyl groups is 1. The van der Waals surface area contributed by atoms with Crippen LogP contribution in [0.2, 0.25) is 0 Å². The van der Waals surface area contributed by atoms with Crippen molar-refractivity contribution in [2.24, 2.45) is 0 Å². The number of methoxy groups -OCH3 is 1. The van der Waals surface area contributed by atoms with Crippen LogP contribution in [0.5, 0.6) is 5.75 Å². The largest absolute Gasteiger partial charge is 0.496 e. The first-order chi connectivity index (χ1) is 11.6. The maximum absolute atomic E-state index is 12.1. The molecule has 0 spiro atoms. The summed E-state index contributed by atoms with van der Waals surface area (Å²) in [6.45, 7) is 2.61. The number of hydrogen-bond acceptors (Lipinski definition) is 3. The number of aryl methyl sites for hydroxylation is 1. The van der Waals surface area contributed by atoms with Gasteiger partial charge in [-0.05, 0) is 36.6 Å². The number of nitrogens with zero attached hydrogens (tertiary/aromatic N) is 1. The van der Waals surface area contributed by atoms with E-state index < -0.39 is 0 Å². The molecule has 1 heterocycles. The number of carbonyl (C=O) groups excluding carboxylic acids is 1. The summed E-state index contributed by atoms with van der Waals surface area (Å²) in [5.74, 6) is 0.929. The third kappa shape index (κ3) is 3.29. The Morgan fingerprint density at radius 3 is 2.79 bits per heavy atom. The SMILES string of the molecule is COc1ccc(CN2C(=O)CC[C@@H]2CO)cc1-c1cccc(C)c1. The summed E-state index contributed by atoms with van der Waals surface area (Å²) in [7, 11) is 1.67. The first-order valence-corrected chi connectivity index (χ1v) is 8.26. The molecule has 0 unspecified atom stereocenters. The number of carbonyl (C=O) groups is 1. The lowest BCUT2D eigenvalue weighted by Gasteiger charge is -2.23. The summed E-state index contributed by atoms with van der Waals surface area (Å²) in [5, 5.41) is 9.46. The van der Waals surface area contributed by atoms with Crippen LogP contribution in [0.15, 0.2) is 42.5 Å². The average molecular weight is 325 g/mol. The van der Waals surface area contributed by atoms with Gasteiger partial charge >= 0.3 is 0 Å². The van der Waals surface area contributed by atoms with Crippen LogP contribution in [-0.2, 0) is 11.3 Å². The van der Waals surface area contributed by atoms with E-state index in [1.807, 2.05) is 18.2 Å². The zero-order valence-electron chi connectivity index (χ0n) is 14.2. The molecule has 0 radical (unpaired) electrons. The molecule has 0 bridgehead atoms.